The summed E-state index contributed by atoms with van der Waals surface area (Å²) in [6.07, 6.45) is 0.866. The predicted molar refractivity (Wildman–Crippen MR) is 74.7 cm³/mol. The molecule has 108 valence electrons. The van der Waals surface area contributed by atoms with E-state index in [9.17, 15) is 12.8 Å². The monoisotopic (exact) mass is 288 g/mol. The van der Waals surface area contributed by atoms with Gasteiger partial charge in [-0.15, -0.1) is 0 Å². The van der Waals surface area contributed by atoms with Crippen molar-refractivity contribution in [2.45, 2.75) is 32.1 Å². The quantitative estimate of drug-likeness (QED) is 0.818. The van der Waals surface area contributed by atoms with Crippen LogP contribution in [0.4, 0.5) is 10.1 Å². The van der Waals surface area contributed by atoms with Gasteiger partial charge in [-0.3, -0.25) is 0 Å². The molecule has 0 aliphatic carbocycles. The minimum atomic E-state index is -3.83. The number of halogens is 1. The highest BCUT2D eigenvalue weighted by Gasteiger charge is 2.27. The van der Waals surface area contributed by atoms with Gasteiger partial charge in [0.05, 0.1) is 0 Å². The predicted octanol–water partition coefficient (Wildman–Crippen LogP) is 2.46. The van der Waals surface area contributed by atoms with Gasteiger partial charge in [0.1, 0.15) is 10.7 Å². The zero-order chi connectivity index (χ0) is 14.6. The maximum absolute atomic E-state index is 13.7. The molecule has 0 amide bonds. The Morgan fingerprint density at radius 3 is 2.53 bits per heavy atom. The normalized spacial score (nSPS) is 13.7. The van der Waals surface area contributed by atoms with Gasteiger partial charge in [0.2, 0.25) is 10.0 Å². The van der Waals surface area contributed by atoms with Gasteiger partial charge < -0.3 is 5.73 Å². The molecule has 2 N–H and O–H groups in total. The molecule has 0 fully saturated rings. The summed E-state index contributed by atoms with van der Waals surface area (Å²) in [4.78, 5) is -0.349. The molecule has 1 rings (SSSR count). The van der Waals surface area contributed by atoms with Crippen LogP contribution in [0.25, 0.3) is 0 Å². The fourth-order valence-electron chi connectivity index (χ4n) is 1.73. The Kier molecular flexibility index (Phi) is 5.31. The summed E-state index contributed by atoms with van der Waals surface area (Å²) in [5.41, 5.74) is 5.78. The molecule has 19 heavy (non-hydrogen) atoms. The summed E-state index contributed by atoms with van der Waals surface area (Å²) in [6, 6.07) is 3.60. The summed E-state index contributed by atoms with van der Waals surface area (Å²) in [5, 5.41) is 0. The number of anilines is 1. The van der Waals surface area contributed by atoms with E-state index < -0.39 is 15.8 Å². The lowest BCUT2D eigenvalue weighted by Gasteiger charge is -2.23. The van der Waals surface area contributed by atoms with Crippen molar-refractivity contribution in [3.05, 3.63) is 24.0 Å². The first-order valence-electron chi connectivity index (χ1n) is 6.38. The van der Waals surface area contributed by atoms with Crippen molar-refractivity contribution in [1.82, 2.24) is 4.31 Å². The number of sulfonamides is 1. The van der Waals surface area contributed by atoms with Gasteiger partial charge >= 0.3 is 0 Å². The van der Waals surface area contributed by atoms with Crippen LogP contribution < -0.4 is 5.73 Å². The van der Waals surface area contributed by atoms with Gasteiger partial charge in [-0.05, 0) is 24.1 Å². The molecular formula is C13H21FN2O2S. The van der Waals surface area contributed by atoms with E-state index in [4.69, 9.17) is 5.73 Å². The van der Waals surface area contributed by atoms with Crippen molar-refractivity contribution >= 4 is 15.7 Å². The summed E-state index contributed by atoms with van der Waals surface area (Å²) in [7, 11) is -3.83. The molecule has 0 spiro atoms. The van der Waals surface area contributed by atoms with Crippen LogP contribution in [0, 0.1) is 11.7 Å². The third-order valence-electron chi connectivity index (χ3n) is 3.14. The molecule has 0 saturated heterocycles. The topological polar surface area (TPSA) is 63.4 Å². The Morgan fingerprint density at radius 2 is 2.00 bits per heavy atom. The maximum atomic E-state index is 13.7. The first-order valence-corrected chi connectivity index (χ1v) is 7.82. The van der Waals surface area contributed by atoms with Crippen LogP contribution in [0.15, 0.2) is 23.1 Å². The highest BCUT2D eigenvalue weighted by atomic mass is 32.2. The Bertz CT molecular complexity index is 531. The van der Waals surface area contributed by atoms with E-state index in [1.807, 2.05) is 13.8 Å². The zero-order valence-electron chi connectivity index (χ0n) is 11.6. The Hall–Kier alpha value is -1.14. The molecular weight excluding hydrogens is 267 g/mol. The van der Waals surface area contributed by atoms with E-state index in [0.29, 0.717) is 13.1 Å². The summed E-state index contributed by atoms with van der Waals surface area (Å²) in [5.74, 6) is -0.546. The summed E-state index contributed by atoms with van der Waals surface area (Å²) in [6.45, 7) is 6.38. The first kappa shape index (κ1) is 15.9. The lowest BCUT2D eigenvalue weighted by molar-refractivity contribution is 0.360. The SMILES string of the molecule is CCC(C)CN(CC)S(=O)(=O)c1cc(N)ccc1F. The molecule has 0 aliphatic heterocycles. The highest BCUT2D eigenvalue weighted by molar-refractivity contribution is 7.89. The fourth-order valence-corrected chi connectivity index (χ4v) is 3.40. The van der Waals surface area contributed by atoms with Crippen molar-refractivity contribution in [3.8, 4) is 0 Å². The molecule has 0 aliphatic rings. The second kappa shape index (κ2) is 6.34. The molecule has 0 saturated carbocycles. The number of rotatable bonds is 6. The van der Waals surface area contributed by atoms with Gasteiger partial charge in [-0.2, -0.15) is 4.31 Å². The largest absolute Gasteiger partial charge is 0.399 e. The number of hydrogen-bond donors (Lipinski definition) is 1. The molecule has 4 nitrogen and oxygen atoms in total. The lowest BCUT2D eigenvalue weighted by atomic mass is 10.1. The number of benzene rings is 1. The standard InChI is InChI=1S/C13H21FN2O2S/c1-4-10(3)9-16(5-2)19(17,18)13-8-11(15)6-7-12(13)14/h6-8,10H,4-5,9,15H2,1-3H3. The van der Waals surface area contributed by atoms with E-state index in [0.717, 1.165) is 12.5 Å². The van der Waals surface area contributed by atoms with E-state index in [-0.39, 0.29) is 16.5 Å². The number of nitrogen functional groups attached to an aromatic ring is 1. The Labute approximate surface area is 114 Å². The number of nitrogens with zero attached hydrogens (tertiary/aromatic N) is 1. The van der Waals surface area contributed by atoms with Crippen LogP contribution in [0.5, 0.6) is 0 Å². The molecule has 0 heterocycles. The van der Waals surface area contributed by atoms with Gasteiger partial charge in [0.25, 0.3) is 0 Å². The van der Waals surface area contributed by atoms with Crippen LogP contribution >= 0.6 is 0 Å². The number of nitrogens with two attached hydrogens (primary N) is 1. The average Bonchev–Trinajstić information content (AvgIpc) is 2.37. The summed E-state index contributed by atoms with van der Waals surface area (Å²) < 4.78 is 39.8. The second-order valence-corrected chi connectivity index (χ2v) is 6.57. The van der Waals surface area contributed by atoms with Crippen molar-refractivity contribution < 1.29 is 12.8 Å². The minimum Gasteiger partial charge on any atom is -0.399 e. The van der Waals surface area contributed by atoms with E-state index in [1.165, 1.54) is 16.4 Å². The van der Waals surface area contributed by atoms with E-state index in [1.54, 1.807) is 6.92 Å². The molecule has 1 atom stereocenters. The second-order valence-electron chi connectivity index (χ2n) is 4.66. The zero-order valence-corrected chi connectivity index (χ0v) is 12.4. The Balaban J connectivity index is 3.17. The van der Waals surface area contributed by atoms with E-state index >= 15 is 0 Å². The average molecular weight is 288 g/mol. The lowest BCUT2D eigenvalue weighted by Crippen LogP contribution is -2.35. The highest BCUT2D eigenvalue weighted by Crippen LogP contribution is 2.22. The Morgan fingerprint density at radius 1 is 1.37 bits per heavy atom. The van der Waals surface area contributed by atoms with Gasteiger partial charge in [-0.1, -0.05) is 27.2 Å². The molecule has 0 bridgehead atoms. The van der Waals surface area contributed by atoms with Crippen molar-refractivity contribution in [2.75, 3.05) is 18.8 Å². The summed E-state index contributed by atoms with van der Waals surface area (Å²) >= 11 is 0. The van der Waals surface area contributed by atoms with Crippen LogP contribution in [0.3, 0.4) is 0 Å². The van der Waals surface area contributed by atoms with Gasteiger partial charge in [0.15, 0.2) is 0 Å². The van der Waals surface area contributed by atoms with Crippen molar-refractivity contribution in [3.63, 3.8) is 0 Å². The van der Waals surface area contributed by atoms with Crippen molar-refractivity contribution in [2.24, 2.45) is 5.92 Å². The smallest absolute Gasteiger partial charge is 0.246 e. The molecule has 1 aromatic carbocycles. The van der Waals surface area contributed by atoms with Crippen LogP contribution in [0.1, 0.15) is 27.2 Å². The van der Waals surface area contributed by atoms with Crippen LogP contribution in [-0.4, -0.2) is 25.8 Å². The molecule has 1 aromatic rings. The molecule has 0 aromatic heterocycles. The third-order valence-corrected chi connectivity index (χ3v) is 5.09. The number of hydrogen-bond acceptors (Lipinski definition) is 3. The van der Waals surface area contributed by atoms with Gasteiger partial charge in [0, 0.05) is 18.8 Å². The maximum Gasteiger partial charge on any atom is 0.246 e. The minimum absolute atomic E-state index is 0.221. The van der Waals surface area contributed by atoms with Crippen LogP contribution in [-0.2, 0) is 10.0 Å². The van der Waals surface area contributed by atoms with E-state index in [2.05, 4.69) is 0 Å². The molecule has 0 radical (unpaired) electrons. The first-order chi connectivity index (χ1) is 8.82. The molecule has 1 unspecified atom stereocenters. The van der Waals surface area contributed by atoms with Crippen LogP contribution in [0.2, 0.25) is 0 Å². The van der Waals surface area contributed by atoms with Crippen molar-refractivity contribution in [1.29, 1.82) is 0 Å². The third kappa shape index (κ3) is 3.67. The van der Waals surface area contributed by atoms with Gasteiger partial charge in [-0.25, -0.2) is 12.8 Å². The fraction of sp³-hybridized carbons (Fsp3) is 0.538. The molecule has 6 heteroatoms.